The van der Waals surface area contributed by atoms with Crippen LogP contribution in [0.3, 0.4) is 0 Å². The maximum Gasteiger partial charge on any atom is 0.363 e. The monoisotopic (exact) mass is 295 g/mol. The van der Waals surface area contributed by atoms with Gasteiger partial charge in [-0.1, -0.05) is 17.7 Å². The van der Waals surface area contributed by atoms with Crippen LogP contribution in [0.2, 0.25) is 0 Å². The predicted octanol–water partition coefficient (Wildman–Crippen LogP) is 0.653. The largest absolute Gasteiger partial charge is 0.477 e. The number of aliphatic carboxylic acids is 1. The molecule has 0 aliphatic carbocycles. The van der Waals surface area contributed by atoms with Gasteiger partial charge < -0.3 is 9.84 Å². The summed E-state index contributed by atoms with van der Waals surface area (Å²) in [6.45, 7) is 1.85. The van der Waals surface area contributed by atoms with E-state index in [2.05, 4.69) is 4.40 Å². The molecule has 0 saturated carbocycles. The lowest BCUT2D eigenvalue weighted by atomic mass is 10.2. The van der Waals surface area contributed by atoms with Crippen LogP contribution < -0.4 is 4.74 Å². The maximum atomic E-state index is 11.7. The van der Waals surface area contributed by atoms with Crippen LogP contribution >= 0.6 is 0 Å². The molecular formula is C12H9NO6S. The fraction of sp³-hybridized carbons (Fsp3) is 0.0833. The third-order valence-electron chi connectivity index (χ3n) is 2.42. The third-order valence-corrected chi connectivity index (χ3v) is 3.70. The molecule has 1 aliphatic heterocycles. The zero-order valence-corrected chi connectivity index (χ0v) is 11.0. The van der Waals surface area contributed by atoms with E-state index in [4.69, 9.17) is 9.84 Å². The van der Waals surface area contributed by atoms with Gasteiger partial charge in [-0.15, -0.1) is 0 Å². The highest BCUT2D eigenvalue weighted by molar-refractivity contribution is 7.95. The van der Waals surface area contributed by atoms with E-state index in [1.807, 2.05) is 6.92 Å². The lowest BCUT2D eigenvalue weighted by Gasteiger charge is -2.02. The van der Waals surface area contributed by atoms with Crippen molar-refractivity contribution in [2.75, 3.05) is 0 Å². The third kappa shape index (κ3) is 2.75. The van der Waals surface area contributed by atoms with Gasteiger partial charge >= 0.3 is 11.9 Å². The molecule has 8 heteroatoms. The quantitative estimate of drug-likeness (QED) is 0.647. The lowest BCUT2D eigenvalue weighted by molar-refractivity contribution is -0.131. The first-order chi connectivity index (χ1) is 9.29. The van der Waals surface area contributed by atoms with Gasteiger partial charge in [0.15, 0.2) is 10.6 Å². The Balaban J connectivity index is 2.23. The molecule has 20 heavy (non-hydrogen) atoms. The minimum absolute atomic E-state index is 0.206. The van der Waals surface area contributed by atoms with E-state index in [1.54, 1.807) is 12.1 Å². The Kier molecular flexibility index (Phi) is 3.41. The van der Waals surface area contributed by atoms with Gasteiger partial charge in [-0.3, -0.25) is 0 Å². The molecule has 2 rings (SSSR count). The molecule has 0 atom stereocenters. The van der Waals surface area contributed by atoms with Crippen molar-refractivity contribution >= 4 is 27.7 Å². The van der Waals surface area contributed by atoms with E-state index >= 15 is 0 Å². The number of nitrogens with zero attached hydrogens (tertiary/aromatic N) is 1. The molecule has 0 fully saturated rings. The van der Waals surface area contributed by atoms with Gasteiger partial charge in [-0.05, 0) is 19.1 Å². The van der Waals surface area contributed by atoms with Crippen LogP contribution in [0.5, 0.6) is 5.75 Å². The average molecular weight is 295 g/mol. The number of ether oxygens (including phenoxy) is 1. The Hall–Kier alpha value is -2.48. The number of sulfonamides is 1. The number of esters is 1. The normalized spacial score (nSPS) is 16.2. The van der Waals surface area contributed by atoms with E-state index in [0.717, 1.165) is 5.56 Å². The molecule has 0 radical (unpaired) electrons. The summed E-state index contributed by atoms with van der Waals surface area (Å²) in [6.07, 6.45) is 0.675. The van der Waals surface area contributed by atoms with Crippen molar-refractivity contribution in [3.05, 3.63) is 40.8 Å². The number of carboxylic acid groups (broad SMARTS) is 1. The highest BCUT2D eigenvalue weighted by Gasteiger charge is 2.33. The van der Waals surface area contributed by atoms with E-state index in [1.165, 1.54) is 12.1 Å². The van der Waals surface area contributed by atoms with E-state index in [9.17, 15) is 18.0 Å². The smallest absolute Gasteiger partial charge is 0.363 e. The highest BCUT2D eigenvalue weighted by atomic mass is 32.2. The number of benzene rings is 1. The molecule has 0 amide bonds. The topological polar surface area (TPSA) is 110 Å². The number of hydrogen-bond acceptors (Lipinski definition) is 5. The first-order valence-electron chi connectivity index (χ1n) is 5.38. The van der Waals surface area contributed by atoms with Crippen LogP contribution in [0.15, 0.2) is 39.6 Å². The second-order valence-corrected chi connectivity index (χ2v) is 5.54. The summed E-state index contributed by atoms with van der Waals surface area (Å²) >= 11 is 0. The molecule has 0 aromatic heterocycles. The van der Waals surface area contributed by atoms with Crippen LogP contribution in [0, 0.1) is 6.92 Å². The summed E-state index contributed by atoms with van der Waals surface area (Å²) in [5.74, 6) is -2.50. The molecule has 0 spiro atoms. The molecule has 1 heterocycles. The number of carboxylic acids is 1. The van der Waals surface area contributed by atoms with Gasteiger partial charge in [0.25, 0.3) is 10.0 Å². The van der Waals surface area contributed by atoms with Crippen LogP contribution in [0.4, 0.5) is 0 Å². The Morgan fingerprint density at radius 3 is 2.30 bits per heavy atom. The van der Waals surface area contributed by atoms with Gasteiger partial charge in [0.1, 0.15) is 5.75 Å². The Bertz CT molecular complexity index is 743. The lowest BCUT2D eigenvalue weighted by Crippen LogP contribution is -2.17. The molecule has 104 valence electrons. The van der Waals surface area contributed by atoms with Crippen molar-refractivity contribution in [2.24, 2.45) is 4.40 Å². The molecular weight excluding hydrogens is 286 g/mol. The molecule has 0 saturated heterocycles. The van der Waals surface area contributed by atoms with Crippen molar-refractivity contribution in [3.8, 4) is 5.75 Å². The average Bonchev–Trinajstić information content (AvgIpc) is 2.68. The van der Waals surface area contributed by atoms with Gasteiger partial charge in [-0.25, -0.2) is 9.59 Å². The number of carbonyl (C=O) groups excluding carboxylic acids is 1. The Morgan fingerprint density at radius 2 is 1.80 bits per heavy atom. The molecule has 0 unspecified atom stereocenters. The van der Waals surface area contributed by atoms with E-state index in [-0.39, 0.29) is 5.75 Å². The van der Waals surface area contributed by atoms with E-state index in [0.29, 0.717) is 6.08 Å². The van der Waals surface area contributed by atoms with Gasteiger partial charge in [0.2, 0.25) is 0 Å². The van der Waals surface area contributed by atoms with Gasteiger partial charge in [0.05, 0.1) is 0 Å². The van der Waals surface area contributed by atoms with Crippen molar-refractivity contribution in [1.82, 2.24) is 0 Å². The molecule has 1 aromatic rings. The standard InChI is InChI=1S/C12H9NO6S/c1-7-2-4-8(5-3-7)19-12(16)9-6-10(11(14)15)20(17,18)13-9/h2-6H,1H3,(H,14,15). The van der Waals surface area contributed by atoms with Crippen LogP contribution in [-0.2, 0) is 19.6 Å². The Morgan fingerprint density at radius 1 is 1.20 bits per heavy atom. The van der Waals surface area contributed by atoms with Crippen molar-refractivity contribution < 1.29 is 27.9 Å². The zero-order valence-electron chi connectivity index (χ0n) is 10.2. The van der Waals surface area contributed by atoms with Crippen molar-refractivity contribution in [3.63, 3.8) is 0 Å². The zero-order chi connectivity index (χ0) is 14.9. The van der Waals surface area contributed by atoms with Crippen molar-refractivity contribution in [2.45, 2.75) is 6.92 Å². The fourth-order valence-corrected chi connectivity index (χ4v) is 2.40. The number of aryl methyl sites for hydroxylation is 1. The maximum absolute atomic E-state index is 11.7. The summed E-state index contributed by atoms with van der Waals surface area (Å²) in [5, 5.41) is 8.70. The number of hydrogen-bond donors (Lipinski definition) is 1. The van der Waals surface area contributed by atoms with Crippen molar-refractivity contribution in [1.29, 1.82) is 0 Å². The van der Waals surface area contributed by atoms with Gasteiger partial charge in [-0.2, -0.15) is 12.8 Å². The fourth-order valence-electron chi connectivity index (χ4n) is 1.44. The first kappa shape index (κ1) is 13.9. The summed E-state index contributed by atoms with van der Waals surface area (Å²) in [5.41, 5.74) is 0.390. The van der Waals surface area contributed by atoms with E-state index < -0.39 is 32.6 Å². The number of rotatable bonds is 3. The summed E-state index contributed by atoms with van der Waals surface area (Å²) in [7, 11) is -4.33. The minimum atomic E-state index is -4.33. The molecule has 7 nitrogen and oxygen atoms in total. The second-order valence-electron chi connectivity index (χ2n) is 3.97. The molecule has 1 N–H and O–H groups in total. The molecule has 1 aromatic carbocycles. The minimum Gasteiger partial charge on any atom is -0.477 e. The molecule has 1 aliphatic rings. The van der Waals surface area contributed by atoms with Crippen LogP contribution in [0.1, 0.15) is 5.56 Å². The Labute approximate surface area is 114 Å². The predicted molar refractivity (Wildman–Crippen MR) is 68.9 cm³/mol. The SMILES string of the molecule is Cc1ccc(OC(=O)C2=NS(=O)(=O)C(C(=O)O)=C2)cc1. The summed E-state index contributed by atoms with van der Waals surface area (Å²) < 4.78 is 30.7. The van der Waals surface area contributed by atoms with Gasteiger partial charge in [0, 0.05) is 6.08 Å². The number of carbonyl (C=O) groups is 2. The summed E-state index contributed by atoms with van der Waals surface area (Å²) in [4.78, 5) is 21.5. The second kappa shape index (κ2) is 4.89. The van der Waals surface area contributed by atoms with Crippen LogP contribution in [0.25, 0.3) is 0 Å². The first-order valence-corrected chi connectivity index (χ1v) is 6.82. The van der Waals surface area contributed by atoms with Crippen LogP contribution in [-0.4, -0.2) is 31.2 Å². The molecule has 0 bridgehead atoms. The highest BCUT2D eigenvalue weighted by Crippen LogP contribution is 2.19. The summed E-state index contributed by atoms with van der Waals surface area (Å²) in [6, 6.07) is 6.46.